The van der Waals surface area contributed by atoms with Gasteiger partial charge in [0, 0.05) is 7.11 Å². The lowest BCUT2D eigenvalue weighted by atomic mass is 10.0. The Morgan fingerprint density at radius 1 is 1.28 bits per heavy atom. The van der Waals surface area contributed by atoms with Crippen LogP contribution in [0.5, 0.6) is 11.5 Å². The van der Waals surface area contributed by atoms with E-state index >= 15 is 0 Å². The Balaban J connectivity index is 3.09. The molecule has 0 aliphatic heterocycles. The minimum absolute atomic E-state index is 0.131. The normalized spacial score (nSPS) is 10.2. The van der Waals surface area contributed by atoms with Crippen LogP contribution in [-0.4, -0.2) is 27.3 Å². The van der Waals surface area contributed by atoms with Crippen LogP contribution in [0.15, 0.2) is 12.1 Å². The Morgan fingerprint density at radius 2 is 2.06 bits per heavy atom. The van der Waals surface area contributed by atoms with Crippen molar-refractivity contribution in [1.82, 2.24) is 0 Å². The molecule has 1 aromatic carbocycles. The lowest BCUT2D eigenvalue weighted by Gasteiger charge is -2.14. The van der Waals surface area contributed by atoms with E-state index in [1.54, 1.807) is 20.3 Å². The molecule has 0 heterocycles. The Labute approximate surface area is 108 Å². The molecule has 100 valence electrons. The van der Waals surface area contributed by atoms with Crippen LogP contribution < -0.4 is 9.47 Å². The number of rotatable bonds is 8. The van der Waals surface area contributed by atoms with E-state index in [1.165, 1.54) is 0 Å². The monoisotopic (exact) mass is 252 g/mol. The maximum absolute atomic E-state index is 11.1. The number of aldehydes is 1. The Kier molecular flexibility index (Phi) is 6.22. The number of hydrogen-bond acceptors (Lipinski definition) is 4. The van der Waals surface area contributed by atoms with E-state index in [2.05, 4.69) is 6.92 Å². The summed E-state index contributed by atoms with van der Waals surface area (Å²) in [7, 11) is 3.14. The van der Waals surface area contributed by atoms with Gasteiger partial charge in [0.05, 0.1) is 12.7 Å². The molecule has 0 bridgehead atoms. The third-order valence-corrected chi connectivity index (χ3v) is 2.65. The first-order valence-electron chi connectivity index (χ1n) is 6.04. The number of carbonyl (C=O) groups is 1. The molecule has 0 fully saturated rings. The average molecular weight is 252 g/mol. The molecule has 0 saturated heterocycles. The smallest absolute Gasteiger partial charge is 0.188 e. The van der Waals surface area contributed by atoms with E-state index in [0.717, 1.165) is 31.1 Å². The van der Waals surface area contributed by atoms with Crippen molar-refractivity contribution in [2.24, 2.45) is 0 Å². The van der Waals surface area contributed by atoms with Crippen LogP contribution in [0, 0.1) is 0 Å². The second-order valence-electron chi connectivity index (χ2n) is 3.98. The van der Waals surface area contributed by atoms with Gasteiger partial charge < -0.3 is 14.2 Å². The van der Waals surface area contributed by atoms with E-state index in [0.29, 0.717) is 17.1 Å². The first-order valence-corrected chi connectivity index (χ1v) is 6.04. The van der Waals surface area contributed by atoms with Gasteiger partial charge in [-0.05, 0) is 30.5 Å². The van der Waals surface area contributed by atoms with Gasteiger partial charge in [-0.25, -0.2) is 0 Å². The van der Waals surface area contributed by atoms with Gasteiger partial charge in [0.1, 0.15) is 11.5 Å². The number of benzene rings is 1. The maximum Gasteiger partial charge on any atom is 0.188 e. The Bertz CT molecular complexity index is 388. The molecule has 0 aromatic heterocycles. The molecule has 4 heteroatoms. The van der Waals surface area contributed by atoms with E-state index in [9.17, 15) is 4.79 Å². The Hall–Kier alpha value is -1.55. The van der Waals surface area contributed by atoms with E-state index in [-0.39, 0.29) is 6.79 Å². The minimum Gasteiger partial charge on any atom is -0.497 e. The third kappa shape index (κ3) is 3.74. The van der Waals surface area contributed by atoms with Crippen molar-refractivity contribution < 1.29 is 19.0 Å². The van der Waals surface area contributed by atoms with Crippen molar-refractivity contribution >= 4 is 6.29 Å². The number of methoxy groups -OCH3 is 2. The second kappa shape index (κ2) is 7.71. The number of ether oxygens (including phenoxy) is 3. The summed E-state index contributed by atoms with van der Waals surface area (Å²) in [4.78, 5) is 11.1. The van der Waals surface area contributed by atoms with Gasteiger partial charge in [-0.2, -0.15) is 0 Å². The second-order valence-corrected chi connectivity index (χ2v) is 3.98. The molecule has 0 N–H and O–H groups in total. The number of aryl methyl sites for hydroxylation is 1. The molecule has 0 saturated carbocycles. The molecule has 4 nitrogen and oxygen atoms in total. The summed E-state index contributed by atoms with van der Waals surface area (Å²) >= 11 is 0. The van der Waals surface area contributed by atoms with Crippen molar-refractivity contribution in [3.8, 4) is 11.5 Å². The molecule has 18 heavy (non-hydrogen) atoms. The summed E-state index contributed by atoms with van der Waals surface area (Å²) in [6.45, 7) is 2.25. The first kappa shape index (κ1) is 14.5. The largest absolute Gasteiger partial charge is 0.497 e. The molecule has 1 rings (SSSR count). The van der Waals surface area contributed by atoms with Gasteiger partial charge in [0.2, 0.25) is 0 Å². The quantitative estimate of drug-likeness (QED) is 0.527. The molecule has 0 spiro atoms. The topological polar surface area (TPSA) is 44.8 Å². The van der Waals surface area contributed by atoms with Gasteiger partial charge in [-0.3, -0.25) is 4.79 Å². The van der Waals surface area contributed by atoms with Crippen molar-refractivity contribution in [3.63, 3.8) is 0 Å². The summed E-state index contributed by atoms with van der Waals surface area (Å²) in [5, 5.41) is 0. The number of hydrogen-bond donors (Lipinski definition) is 0. The summed E-state index contributed by atoms with van der Waals surface area (Å²) in [5.41, 5.74) is 1.48. The predicted molar refractivity (Wildman–Crippen MR) is 69.5 cm³/mol. The Morgan fingerprint density at radius 3 is 2.61 bits per heavy atom. The van der Waals surface area contributed by atoms with Crippen molar-refractivity contribution in [2.75, 3.05) is 21.0 Å². The first-order chi connectivity index (χ1) is 8.76. The molecular weight excluding hydrogens is 232 g/mol. The van der Waals surface area contributed by atoms with E-state index in [1.807, 2.05) is 6.07 Å². The maximum atomic E-state index is 11.1. The van der Waals surface area contributed by atoms with Crippen LogP contribution in [-0.2, 0) is 11.2 Å². The highest BCUT2D eigenvalue weighted by Crippen LogP contribution is 2.30. The zero-order valence-electron chi connectivity index (χ0n) is 11.2. The standard InChI is InChI=1S/C14H20O4/c1-4-5-6-11-7-13(17-3)8-12(9-15)14(11)18-10-16-2/h7-9H,4-6,10H2,1-3H3. The van der Waals surface area contributed by atoms with Crippen LogP contribution in [0.1, 0.15) is 35.7 Å². The van der Waals surface area contributed by atoms with Crippen molar-refractivity contribution in [3.05, 3.63) is 23.3 Å². The highest BCUT2D eigenvalue weighted by atomic mass is 16.7. The molecule has 0 atom stereocenters. The third-order valence-electron chi connectivity index (χ3n) is 2.65. The lowest BCUT2D eigenvalue weighted by Crippen LogP contribution is -2.05. The van der Waals surface area contributed by atoms with Crippen LogP contribution >= 0.6 is 0 Å². The molecule has 0 amide bonds. The highest BCUT2D eigenvalue weighted by Gasteiger charge is 2.12. The zero-order valence-corrected chi connectivity index (χ0v) is 11.2. The van der Waals surface area contributed by atoms with Crippen molar-refractivity contribution in [1.29, 1.82) is 0 Å². The average Bonchev–Trinajstić information content (AvgIpc) is 2.42. The number of unbranched alkanes of at least 4 members (excludes halogenated alkanes) is 1. The minimum atomic E-state index is 0.131. The van der Waals surface area contributed by atoms with Crippen LogP contribution in [0.4, 0.5) is 0 Å². The van der Waals surface area contributed by atoms with Gasteiger partial charge in [0.15, 0.2) is 13.1 Å². The van der Waals surface area contributed by atoms with Crippen LogP contribution in [0.3, 0.4) is 0 Å². The molecule has 0 aliphatic carbocycles. The van der Waals surface area contributed by atoms with Gasteiger partial charge >= 0.3 is 0 Å². The van der Waals surface area contributed by atoms with Crippen molar-refractivity contribution in [2.45, 2.75) is 26.2 Å². The summed E-state index contributed by atoms with van der Waals surface area (Å²) in [6.07, 6.45) is 3.75. The van der Waals surface area contributed by atoms with Crippen LogP contribution in [0.2, 0.25) is 0 Å². The molecule has 1 aromatic rings. The summed E-state index contributed by atoms with van der Waals surface area (Å²) in [5.74, 6) is 1.27. The van der Waals surface area contributed by atoms with Gasteiger partial charge in [0.25, 0.3) is 0 Å². The van der Waals surface area contributed by atoms with E-state index < -0.39 is 0 Å². The highest BCUT2D eigenvalue weighted by molar-refractivity contribution is 5.81. The fraction of sp³-hybridized carbons (Fsp3) is 0.500. The fourth-order valence-electron chi connectivity index (χ4n) is 1.74. The summed E-state index contributed by atoms with van der Waals surface area (Å²) < 4.78 is 15.6. The van der Waals surface area contributed by atoms with Gasteiger partial charge in [-0.1, -0.05) is 13.3 Å². The SMILES string of the molecule is CCCCc1cc(OC)cc(C=O)c1OCOC. The fourth-order valence-corrected chi connectivity index (χ4v) is 1.74. The lowest BCUT2D eigenvalue weighted by molar-refractivity contribution is 0.0497. The van der Waals surface area contributed by atoms with E-state index in [4.69, 9.17) is 14.2 Å². The zero-order chi connectivity index (χ0) is 13.4. The molecular formula is C14H20O4. The summed E-state index contributed by atoms with van der Waals surface area (Å²) in [6, 6.07) is 3.58. The number of carbonyl (C=O) groups excluding carboxylic acids is 1. The molecule has 0 radical (unpaired) electrons. The molecule has 0 aliphatic rings. The van der Waals surface area contributed by atoms with Gasteiger partial charge in [-0.15, -0.1) is 0 Å². The van der Waals surface area contributed by atoms with Crippen LogP contribution in [0.25, 0.3) is 0 Å². The molecule has 0 unspecified atom stereocenters. The predicted octanol–water partition coefficient (Wildman–Crippen LogP) is 2.83.